The van der Waals surface area contributed by atoms with Crippen molar-refractivity contribution < 1.29 is 4.74 Å². The van der Waals surface area contributed by atoms with E-state index in [-0.39, 0.29) is 11.6 Å². The van der Waals surface area contributed by atoms with Crippen molar-refractivity contribution in [3.8, 4) is 0 Å². The molecule has 27 heavy (non-hydrogen) atoms. The van der Waals surface area contributed by atoms with Gasteiger partial charge in [-0.15, -0.1) is 11.3 Å². The van der Waals surface area contributed by atoms with Crippen molar-refractivity contribution in [1.29, 1.82) is 0 Å². The average molecular weight is 387 g/mol. The van der Waals surface area contributed by atoms with Gasteiger partial charge in [0.2, 0.25) is 0 Å². The summed E-state index contributed by atoms with van der Waals surface area (Å²) >= 11 is 1.75. The van der Waals surface area contributed by atoms with E-state index in [1.807, 2.05) is 7.05 Å². The highest BCUT2D eigenvalue weighted by Crippen LogP contribution is 2.25. The van der Waals surface area contributed by atoms with Gasteiger partial charge in [-0.25, -0.2) is 0 Å². The highest BCUT2D eigenvalue weighted by atomic mass is 32.1. The maximum absolute atomic E-state index is 5.63. The lowest BCUT2D eigenvalue weighted by Crippen LogP contribution is -2.58. The Labute approximate surface area is 166 Å². The Morgan fingerprint density at radius 3 is 2.59 bits per heavy atom. The molecule has 0 radical (unpaired) electrons. The second-order valence-electron chi connectivity index (χ2n) is 7.03. The maximum Gasteiger partial charge on any atom is 0.191 e. The molecule has 1 aliphatic rings. The molecule has 1 saturated heterocycles. The minimum Gasteiger partial charge on any atom is -0.381 e. The summed E-state index contributed by atoms with van der Waals surface area (Å²) in [5.74, 6) is 0.837. The van der Waals surface area contributed by atoms with Crippen molar-refractivity contribution in [3.05, 3.63) is 58.3 Å². The first kappa shape index (κ1) is 19.9. The first-order valence-corrected chi connectivity index (χ1v) is 10.5. The Kier molecular flexibility index (Phi) is 7.26. The minimum atomic E-state index is -0.00589. The van der Waals surface area contributed by atoms with E-state index >= 15 is 0 Å². The Morgan fingerprint density at radius 2 is 1.93 bits per heavy atom. The van der Waals surface area contributed by atoms with E-state index in [1.54, 1.807) is 11.3 Å². The lowest BCUT2D eigenvalue weighted by molar-refractivity contribution is 0.0355. The number of aliphatic imine (C=N–C) groups is 1. The Morgan fingerprint density at radius 1 is 1.15 bits per heavy atom. The predicted octanol–water partition coefficient (Wildman–Crippen LogP) is 3.31. The minimum absolute atomic E-state index is 0.00589. The fraction of sp³-hybridized carbons (Fsp3) is 0.476. The van der Waals surface area contributed by atoms with Gasteiger partial charge in [0.1, 0.15) is 0 Å². The summed E-state index contributed by atoms with van der Waals surface area (Å²) in [5.41, 5.74) is 1.30. The number of ether oxygens (including phenoxy) is 1. The molecule has 0 saturated carbocycles. The summed E-state index contributed by atoms with van der Waals surface area (Å²) in [4.78, 5) is 5.68. The summed E-state index contributed by atoms with van der Waals surface area (Å²) in [6.45, 7) is 5.42. The highest BCUT2D eigenvalue weighted by molar-refractivity contribution is 7.09. The van der Waals surface area contributed by atoms with Crippen LogP contribution in [0.2, 0.25) is 0 Å². The topological polar surface area (TPSA) is 57.7 Å². The van der Waals surface area contributed by atoms with Crippen LogP contribution in [0.3, 0.4) is 0 Å². The van der Waals surface area contributed by atoms with Crippen LogP contribution in [0.4, 0.5) is 0 Å². The summed E-state index contributed by atoms with van der Waals surface area (Å²) in [5, 5.41) is 12.9. The molecule has 1 aliphatic heterocycles. The Bertz CT molecular complexity index is 696. The molecule has 0 bridgehead atoms. The van der Waals surface area contributed by atoms with Crippen molar-refractivity contribution in [2.75, 3.05) is 26.8 Å². The van der Waals surface area contributed by atoms with Gasteiger partial charge in [-0.2, -0.15) is 0 Å². The Balaban J connectivity index is 1.60. The zero-order valence-electron chi connectivity index (χ0n) is 16.2. The van der Waals surface area contributed by atoms with Gasteiger partial charge in [0.25, 0.3) is 0 Å². The zero-order valence-corrected chi connectivity index (χ0v) is 17.0. The molecule has 0 amide bonds. The van der Waals surface area contributed by atoms with Gasteiger partial charge >= 0.3 is 0 Å². The van der Waals surface area contributed by atoms with Crippen molar-refractivity contribution in [2.24, 2.45) is 4.99 Å². The maximum atomic E-state index is 5.63. The van der Waals surface area contributed by atoms with Crippen molar-refractivity contribution >= 4 is 17.3 Å². The Hall–Kier alpha value is -1.89. The number of hydrogen-bond donors (Lipinski definition) is 3. The molecule has 1 unspecified atom stereocenters. The third-order valence-corrected chi connectivity index (χ3v) is 5.98. The first-order chi connectivity index (χ1) is 13.2. The molecule has 2 heterocycles. The fourth-order valence-electron chi connectivity index (χ4n) is 3.48. The normalized spacial score (nSPS) is 18.1. The monoisotopic (exact) mass is 386 g/mol. The van der Waals surface area contributed by atoms with E-state index in [4.69, 9.17) is 4.74 Å². The van der Waals surface area contributed by atoms with E-state index in [0.29, 0.717) is 0 Å². The first-order valence-electron chi connectivity index (χ1n) is 9.58. The number of nitrogens with zero attached hydrogens (tertiary/aromatic N) is 1. The third-order valence-electron chi connectivity index (χ3n) is 5.10. The number of rotatable bonds is 7. The average Bonchev–Trinajstić information content (AvgIpc) is 3.23. The molecule has 1 fully saturated rings. The molecule has 3 rings (SSSR count). The standard InChI is InChI=1S/C21H30N4OS/c1-17(18-7-4-3-5-8-18)25-21(10-12-26-13-11-21)16-24-20(22-2)23-15-19-9-6-14-27-19/h3-9,14,17,25H,10-13,15-16H2,1-2H3,(H2,22,23,24). The number of nitrogens with one attached hydrogen (secondary N) is 3. The smallest absolute Gasteiger partial charge is 0.191 e. The van der Waals surface area contributed by atoms with Crippen LogP contribution in [0.15, 0.2) is 52.8 Å². The summed E-state index contributed by atoms with van der Waals surface area (Å²) in [6.07, 6.45) is 1.97. The van der Waals surface area contributed by atoms with Crippen LogP contribution in [0, 0.1) is 0 Å². The molecule has 146 valence electrons. The van der Waals surface area contributed by atoms with E-state index in [9.17, 15) is 0 Å². The zero-order chi connectivity index (χ0) is 19.0. The van der Waals surface area contributed by atoms with Gasteiger partial charge in [-0.3, -0.25) is 4.99 Å². The van der Waals surface area contributed by atoms with Crippen LogP contribution in [-0.4, -0.2) is 38.3 Å². The largest absolute Gasteiger partial charge is 0.381 e. The quantitative estimate of drug-likeness (QED) is 0.505. The number of hydrogen-bond acceptors (Lipinski definition) is 4. The van der Waals surface area contributed by atoms with E-state index in [1.165, 1.54) is 10.4 Å². The second kappa shape index (κ2) is 9.88. The SMILES string of the molecule is CN=C(NCc1cccs1)NCC1(NC(C)c2ccccc2)CCOCC1. The van der Waals surface area contributed by atoms with Crippen molar-refractivity contribution in [2.45, 2.75) is 37.9 Å². The summed E-state index contributed by atoms with van der Waals surface area (Å²) < 4.78 is 5.63. The summed E-state index contributed by atoms with van der Waals surface area (Å²) in [7, 11) is 1.82. The molecule has 6 heteroatoms. The van der Waals surface area contributed by atoms with Gasteiger partial charge in [-0.05, 0) is 36.8 Å². The highest BCUT2D eigenvalue weighted by Gasteiger charge is 2.34. The molecular formula is C21H30N4OS. The fourth-order valence-corrected chi connectivity index (χ4v) is 4.12. The molecule has 1 aromatic heterocycles. The van der Waals surface area contributed by atoms with Gasteiger partial charge in [0, 0.05) is 43.3 Å². The molecule has 1 atom stereocenters. The van der Waals surface area contributed by atoms with Gasteiger partial charge in [-0.1, -0.05) is 36.4 Å². The van der Waals surface area contributed by atoms with E-state index < -0.39 is 0 Å². The molecule has 1 aromatic carbocycles. The van der Waals surface area contributed by atoms with Crippen LogP contribution < -0.4 is 16.0 Å². The van der Waals surface area contributed by atoms with Gasteiger partial charge in [0.15, 0.2) is 5.96 Å². The van der Waals surface area contributed by atoms with E-state index in [0.717, 1.165) is 45.1 Å². The lowest BCUT2D eigenvalue weighted by atomic mass is 9.88. The van der Waals surface area contributed by atoms with Crippen molar-refractivity contribution in [3.63, 3.8) is 0 Å². The molecule has 0 spiro atoms. The van der Waals surface area contributed by atoms with Crippen LogP contribution in [0.25, 0.3) is 0 Å². The number of benzene rings is 1. The number of thiophene rings is 1. The molecule has 0 aliphatic carbocycles. The molecule has 5 nitrogen and oxygen atoms in total. The third kappa shape index (κ3) is 5.79. The van der Waals surface area contributed by atoms with Crippen LogP contribution in [0.1, 0.15) is 36.2 Å². The van der Waals surface area contributed by atoms with Crippen LogP contribution in [0.5, 0.6) is 0 Å². The molecular weight excluding hydrogens is 356 g/mol. The lowest BCUT2D eigenvalue weighted by Gasteiger charge is -2.41. The van der Waals surface area contributed by atoms with Gasteiger partial charge in [0.05, 0.1) is 6.54 Å². The summed E-state index contributed by atoms with van der Waals surface area (Å²) in [6, 6.07) is 15.1. The molecule has 2 aromatic rings. The molecule has 3 N–H and O–H groups in total. The van der Waals surface area contributed by atoms with Crippen LogP contribution in [-0.2, 0) is 11.3 Å². The van der Waals surface area contributed by atoms with Gasteiger partial charge < -0.3 is 20.7 Å². The predicted molar refractivity (Wildman–Crippen MR) is 113 cm³/mol. The van der Waals surface area contributed by atoms with E-state index in [2.05, 4.69) is 75.7 Å². The van der Waals surface area contributed by atoms with Crippen LogP contribution >= 0.6 is 11.3 Å². The van der Waals surface area contributed by atoms with Crippen molar-refractivity contribution in [1.82, 2.24) is 16.0 Å². The number of guanidine groups is 1. The second-order valence-corrected chi connectivity index (χ2v) is 8.06.